The van der Waals surface area contributed by atoms with Crippen molar-refractivity contribution in [3.8, 4) is 5.75 Å². The van der Waals surface area contributed by atoms with E-state index in [9.17, 15) is 4.79 Å². The zero-order chi connectivity index (χ0) is 17.2. The average molecular weight is 461 g/mol. The van der Waals surface area contributed by atoms with E-state index < -0.39 is 0 Å². The summed E-state index contributed by atoms with van der Waals surface area (Å²) in [5, 5.41) is 6.30. The molecular formula is C18H28IN3O3. The van der Waals surface area contributed by atoms with E-state index in [0.717, 1.165) is 30.4 Å². The number of rotatable bonds is 9. The summed E-state index contributed by atoms with van der Waals surface area (Å²) in [5.41, 5.74) is 1.06. The van der Waals surface area contributed by atoms with E-state index in [0.29, 0.717) is 25.5 Å². The fraction of sp³-hybridized carbons (Fsp3) is 0.556. The van der Waals surface area contributed by atoms with Crippen molar-refractivity contribution in [3.63, 3.8) is 0 Å². The predicted octanol–water partition coefficient (Wildman–Crippen LogP) is 2.71. The van der Waals surface area contributed by atoms with Gasteiger partial charge in [-0.15, -0.1) is 24.0 Å². The first kappa shape index (κ1) is 21.5. The number of halogens is 1. The Morgan fingerprint density at radius 2 is 2.04 bits per heavy atom. The molecule has 25 heavy (non-hydrogen) atoms. The third kappa shape index (κ3) is 8.42. The molecule has 0 unspecified atom stereocenters. The number of methoxy groups -OCH3 is 1. The minimum atomic E-state index is -0.239. The molecule has 1 aliphatic rings. The van der Waals surface area contributed by atoms with Crippen molar-refractivity contribution in [1.82, 2.24) is 10.6 Å². The molecule has 1 fully saturated rings. The number of para-hydroxylation sites is 1. The Kier molecular flexibility index (Phi) is 10.3. The molecule has 1 aromatic carbocycles. The normalized spacial score (nSPS) is 13.6. The van der Waals surface area contributed by atoms with Gasteiger partial charge in [0.25, 0.3) is 0 Å². The lowest BCUT2D eigenvalue weighted by Gasteiger charge is -2.12. The molecule has 0 aromatic heterocycles. The van der Waals surface area contributed by atoms with Gasteiger partial charge in [0.1, 0.15) is 5.75 Å². The number of aliphatic imine (C=N–C) groups is 1. The van der Waals surface area contributed by atoms with Crippen LogP contribution in [0.25, 0.3) is 0 Å². The van der Waals surface area contributed by atoms with Gasteiger partial charge in [0.15, 0.2) is 5.96 Å². The Morgan fingerprint density at radius 3 is 2.72 bits per heavy atom. The summed E-state index contributed by atoms with van der Waals surface area (Å²) in [6.07, 6.45) is 2.85. The van der Waals surface area contributed by atoms with Gasteiger partial charge >= 0.3 is 5.97 Å². The number of guanidine groups is 1. The molecule has 0 radical (unpaired) electrons. The van der Waals surface area contributed by atoms with Crippen LogP contribution >= 0.6 is 24.0 Å². The quantitative estimate of drug-likeness (QED) is 0.256. The van der Waals surface area contributed by atoms with Crippen LogP contribution in [0.1, 0.15) is 31.7 Å². The summed E-state index contributed by atoms with van der Waals surface area (Å²) >= 11 is 0. The highest BCUT2D eigenvalue weighted by molar-refractivity contribution is 14.0. The van der Waals surface area contributed by atoms with Gasteiger partial charge in [-0.25, -0.2) is 4.99 Å². The van der Waals surface area contributed by atoms with E-state index in [-0.39, 0.29) is 29.9 Å². The van der Waals surface area contributed by atoms with Crippen molar-refractivity contribution in [3.05, 3.63) is 29.8 Å². The maximum atomic E-state index is 11.2. The zero-order valence-electron chi connectivity index (χ0n) is 14.9. The summed E-state index contributed by atoms with van der Waals surface area (Å²) in [5.74, 6) is 2.06. The van der Waals surface area contributed by atoms with Crippen LogP contribution in [0.2, 0.25) is 0 Å². The van der Waals surface area contributed by atoms with E-state index >= 15 is 0 Å². The van der Waals surface area contributed by atoms with Crippen molar-refractivity contribution in [2.24, 2.45) is 10.9 Å². The number of carbonyl (C=O) groups is 1. The summed E-state index contributed by atoms with van der Waals surface area (Å²) in [4.78, 5) is 15.7. The van der Waals surface area contributed by atoms with E-state index in [4.69, 9.17) is 4.74 Å². The van der Waals surface area contributed by atoms with Gasteiger partial charge in [-0.3, -0.25) is 4.79 Å². The third-order valence-corrected chi connectivity index (χ3v) is 3.75. The Bertz CT molecular complexity index is 562. The largest absolute Gasteiger partial charge is 0.493 e. The van der Waals surface area contributed by atoms with Crippen LogP contribution in [0.3, 0.4) is 0 Å². The molecule has 0 atom stereocenters. The minimum absolute atomic E-state index is 0. The molecule has 0 bridgehead atoms. The summed E-state index contributed by atoms with van der Waals surface area (Å²) in [6, 6.07) is 8.00. The molecule has 1 aromatic rings. The lowest BCUT2D eigenvalue weighted by Crippen LogP contribution is -2.38. The highest BCUT2D eigenvalue weighted by atomic mass is 127. The topological polar surface area (TPSA) is 72.0 Å². The molecule has 2 N–H and O–H groups in total. The number of benzene rings is 1. The summed E-state index contributed by atoms with van der Waals surface area (Å²) in [7, 11) is 1.39. The highest BCUT2D eigenvalue weighted by Gasteiger charge is 2.22. The molecule has 0 heterocycles. The van der Waals surface area contributed by atoms with E-state index in [1.165, 1.54) is 20.0 Å². The number of ether oxygens (including phenoxy) is 2. The molecule has 1 saturated carbocycles. The van der Waals surface area contributed by atoms with E-state index in [1.54, 1.807) is 0 Å². The number of carbonyl (C=O) groups excluding carboxylic acids is 1. The molecule has 140 valence electrons. The fourth-order valence-corrected chi connectivity index (χ4v) is 2.16. The zero-order valence-corrected chi connectivity index (χ0v) is 17.2. The van der Waals surface area contributed by atoms with Gasteiger partial charge in [0, 0.05) is 18.7 Å². The lowest BCUT2D eigenvalue weighted by atomic mass is 10.2. The van der Waals surface area contributed by atoms with Crippen LogP contribution in [0.4, 0.5) is 0 Å². The van der Waals surface area contributed by atoms with Crippen molar-refractivity contribution in [1.29, 1.82) is 0 Å². The van der Waals surface area contributed by atoms with Crippen molar-refractivity contribution >= 4 is 35.9 Å². The van der Waals surface area contributed by atoms with Crippen LogP contribution in [0, 0.1) is 5.92 Å². The molecule has 7 heteroatoms. The van der Waals surface area contributed by atoms with Crippen LogP contribution in [-0.2, 0) is 16.1 Å². The minimum Gasteiger partial charge on any atom is -0.493 e. The smallest absolute Gasteiger partial charge is 0.307 e. The number of nitrogens with one attached hydrogen (secondary N) is 2. The first-order valence-electron chi connectivity index (χ1n) is 8.52. The van der Waals surface area contributed by atoms with Gasteiger partial charge in [0.2, 0.25) is 0 Å². The van der Waals surface area contributed by atoms with E-state index in [2.05, 4.69) is 20.4 Å². The second kappa shape index (κ2) is 11.9. The van der Waals surface area contributed by atoms with Crippen LogP contribution < -0.4 is 15.4 Å². The lowest BCUT2D eigenvalue weighted by molar-refractivity contribution is -0.140. The number of hydrogen-bond acceptors (Lipinski definition) is 4. The van der Waals surface area contributed by atoms with Gasteiger partial charge in [-0.05, 0) is 31.7 Å². The standard InChI is InChI=1S/C18H27N3O3.HI/c1-3-19-18(20-11-10-17(22)23-2)21-12-15-6-4-5-7-16(15)24-13-14-8-9-14;/h4-7,14H,3,8-13H2,1-2H3,(H2,19,20,21);1H. The summed E-state index contributed by atoms with van der Waals surface area (Å²) in [6.45, 7) is 4.55. The Balaban J connectivity index is 0.00000312. The Morgan fingerprint density at radius 1 is 1.28 bits per heavy atom. The molecular weight excluding hydrogens is 433 g/mol. The van der Waals surface area contributed by atoms with Crippen LogP contribution in [0.5, 0.6) is 5.75 Å². The molecule has 2 rings (SSSR count). The first-order valence-corrected chi connectivity index (χ1v) is 8.52. The van der Waals surface area contributed by atoms with Gasteiger partial charge in [0.05, 0.1) is 26.7 Å². The molecule has 0 spiro atoms. The summed E-state index contributed by atoms with van der Waals surface area (Å²) < 4.78 is 10.5. The molecule has 6 nitrogen and oxygen atoms in total. The van der Waals surface area contributed by atoms with Gasteiger partial charge < -0.3 is 20.1 Å². The van der Waals surface area contributed by atoms with Crippen LogP contribution in [0.15, 0.2) is 29.3 Å². The molecule has 0 saturated heterocycles. The average Bonchev–Trinajstić information content (AvgIpc) is 3.42. The number of nitrogens with zero attached hydrogens (tertiary/aromatic N) is 1. The highest BCUT2D eigenvalue weighted by Crippen LogP contribution is 2.30. The maximum absolute atomic E-state index is 11.2. The van der Waals surface area contributed by atoms with Gasteiger partial charge in [-0.1, -0.05) is 18.2 Å². The second-order valence-electron chi connectivity index (χ2n) is 5.81. The molecule has 1 aliphatic carbocycles. The number of hydrogen-bond donors (Lipinski definition) is 2. The Hall–Kier alpha value is -1.51. The molecule has 0 aliphatic heterocycles. The first-order chi connectivity index (χ1) is 11.7. The Labute approximate surface area is 166 Å². The monoisotopic (exact) mass is 461 g/mol. The predicted molar refractivity (Wildman–Crippen MR) is 110 cm³/mol. The SMILES string of the molecule is CCNC(=NCc1ccccc1OCC1CC1)NCCC(=O)OC.I. The third-order valence-electron chi connectivity index (χ3n) is 3.75. The van der Waals surface area contributed by atoms with Crippen molar-refractivity contribution in [2.75, 3.05) is 26.8 Å². The maximum Gasteiger partial charge on any atom is 0.307 e. The van der Waals surface area contributed by atoms with Gasteiger partial charge in [-0.2, -0.15) is 0 Å². The molecule has 0 amide bonds. The fourth-order valence-electron chi connectivity index (χ4n) is 2.16. The number of esters is 1. The second-order valence-corrected chi connectivity index (χ2v) is 5.81. The van der Waals surface area contributed by atoms with Crippen molar-refractivity contribution in [2.45, 2.75) is 32.7 Å². The van der Waals surface area contributed by atoms with E-state index in [1.807, 2.05) is 31.2 Å². The van der Waals surface area contributed by atoms with Crippen molar-refractivity contribution < 1.29 is 14.3 Å². The van der Waals surface area contributed by atoms with Crippen LogP contribution in [-0.4, -0.2) is 38.7 Å².